The first-order valence-electron chi connectivity index (χ1n) is 9.43. The first-order chi connectivity index (χ1) is 13.6. The molecule has 28 heavy (non-hydrogen) atoms. The van der Waals surface area contributed by atoms with E-state index in [2.05, 4.69) is 58.9 Å². The third-order valence-electron chi connectivity index (χ3n) is 4.68. The van der Waals surface area contributed by atoms with Crippen LogP contribution in [0.15, 0.2) is 53.5 Å². The first-order valence-corrected chi connectivity index (χ1v) is 9.43. The molecule has 0 heterocycles. The molecule has 152 valence electrons. The summed E-state index contributed by atoms with van der Waals surface area (Å²) < 4.78 is 10.7. The van der Waals surface area contributed by atoms with Crippen molar-refractivity contribution in [2.24, 2.45) is 4.99 Å². The molecule has 0 aromatic heterocycles. The van der Waals surface area contributed by atoms with Gasteiger partial charge < -0.3 is 25.0 Å². The third kappa shape index (κ3) is 6.46. The second-order valence-electron chi connectivity index (χ2n) is 6.80. The summed E-state index contributed by atoms with van der Waals surface area (Å²) in [6, 6.07) is 16.8. The van der Waals surface area contributed by atoms with Crippen LogP contribution in [-0.2, 0) is 13.0 Å². The van der Waals surface area contributed by atoms with E-state index in [1.54, 1.807) is 21.3 Å². The van der Waals surface area contributed by atoms with Gasteiger partial charge in [-0.25, -0.2) is 0 Å². The molecule has 0 saturated heterocycles. The van der Waals surface area contributed by atoms with Gasteiger partial charge in [-0.2, -0.15) is 0 Å². The number of aliphatic imine (C=N–C) groups is 1. The van der Waals surface area contributed by atoms with Crippen LogP contribution < -0.4 is 20.1 Å². The molecule has 6 heteroatoms. The van der Waals surface area contributed by atoms with Crippen molar-refractivity contribution in [1.29, 1.82) is 0 Å². The quantitative estimate of drug-likeness (QED) is 0.514. The first kappa shape index (κ1) is 21.6. The summed E-state index contributed by atoms with van der Waals surface area (Å²) in [5, 5.41) is 6.79. The SMILES string of the molecule is CN=C(NCc1ccc(OC)c(OC)c1)NCC(Cc1ccccc1)N(C)C. The fourth-order valence-electron chi connectivity index (χ4n) is 2.93. The fourth-order valence-corrected chi connectivity index (χ4v) is 2.93. The van der Waals surface area contributed by atoms with Crippen LogP contribution in [0.3, 0.4) is 0 Å². The number of likely N-dealkylation sites (N-methyl/N-ethyl adjacent to an activating group) is 1. The summed E-state index contributed by atoms with van der Waals surface area (Å²) in [5.41, 5.74) is 2.42. The average molecular weight is 385 g/mol. The lowest BCUT2D eigenvalue weighted by atomic mass is 10.1. The lowest BCUT2D eigenvalue weighted by Gasteiger charge is -2.25. The molecule has 0 fully saturated rings. The Morgan fingerprint density at radius 1 is 0.964 bits per heavy atom. The van der Waals surface area contributed by atoms with Gasteiger partial charge in [0.15, 0.2) is 17.5 Å². The largest absolute Gasteiger partial charge is 0.493 e. The Hall–Kier alpha value is -2.73. The minimum absolute atomic E-state index is 0.363. The second-order valence-corrected chi connectivity index (χ2v) is 6.80. The fraction of sp³-hybridized carbons (Fsp3) is 0.409. The van der Waals surface area contributed by atoms with Crippen molar-refractivity contribution in [1.82, 2.24) is 15.5 Å². The molecule has 6 nitrogen and oxygen atoms in total. The van der Waals surface area contributed by atoms with E-state index in [0.717, 1.165) is 36.0 Å². The predicted octanol–water partition coefficient (Wildman–Crippen LogP) is 2.54. The van der Waals surface area contributed by atoms with Crippen LogP contribution in [0.5, 0.6) is 11.5 Å². The van der Waals surface area contributed by atoms with E-state index in [-0.39, 0.29) is 0 Å². The van der Waals surface area contributed by atoms with Crippen molar-refractivity contribution in [2.45, 2.75) is 19.0 Å². The van der Waals surface area contributed by atoms with E-state index in [1.165, 1.54) is 5.56 Å². The van der Waals surface area contributed by atoms with Gasteiger partial charge in [-0.15, -0.1) is 0 Å². The molecule has 0 aliphatic carbocycles. The minimum atomic E-state index is 0.363. The van der Waals surface area contributed by atoms with Gasteiger partial charge in [-0.1, -0.05) is 36.4 Å². The number of hydrogen-bond acceptors (Lipinski definition) is 4. The minimum Gasteiger partial charge on any atom is -0.493 e. The number of guanidine groups is 1. The monoisotopic (exact) mass is 384 g/mol. The normalized spacial score (nSPS) is 12.6. The van der Waals surface area contributed by atoms with Gasteiger partial charge >= 0.3 is 0 Å². The van der Waals surface area contributed by atoms with Gasteiger partial charge in [0.05, 0.1) is 14.2 Å². The molecule has 1 unspecified atom stereocenters. The number of nitrogens with zero attached hydrogens (tertiary/aromatic N) is 2. The zero-order valence-electron chi connectivity index (χ0n) is 17.5. The summed E-state index contributed by atoms with van der Waals surface area (Å²) >= 11 is 0. The van der Waals surface area contributed by atoms with E-state index >= 15 is 0 Å². The van der Waals surface area contributed by atoms with Gasteiger partial charge in [0.25, 0.3) is 0 Å². The molecule has 2 N–H and O–H groups in total. The number of benzene rings is 2. The maximum absolute atomic E-state index is 5.37. The van der Waals surface area contributed by atoms with E-state index < -0.39 is 0 Å². The predicted molar refractivity (Wildman–Crippen MR) is 115 cm³/mol. The van der Waals surface area contributed by atoms with Crippen molar-refractivity contribution in [3.05, 3.63) is 59.7 Å². The van der Waals surface area contributed by atoms with Gasteiger partial charge in [-0.05, 0) is 43.8 Å². The summed E-state index contributed by atoms with van der Waals surface area (Å²) in [6.07, 6.45) is 0.980. The third-order valence-corrected chi connectivity index (χ3v) is 4.68. The zero-order valence-corrected chi connectivity index (χ0v) is 17.5. The summed E-state index contributed by atoms with van der Waals surface area (Å²) in [7, 11) is 9.28. The van der Waals surface area contributed by atoms with E-state index in [9.17, 15) is 0 Å². The molecule has 0 amide bonds. The van der Waals surface area contributed by atoms with Crippen molar-refractivity contribution >= 4 is 5.96 Å². The Labute approximate surface area is 168 Å². The topological polar surface area (TPSA) is 58.1 Å². The Kier molecular flexibility index (Phi) is 8.62. The Morgan fingerprint density at radius 3 is 2.29 bits per heavy atom. The maximum atomic E-state index is 5.37. The smallest absolute Gasteiger partial charge is 0.191 e. The molecule has 0 spiro atoms. The molecule has 2 aromatic carbocycles. The second kappa shape index (κ2) is 11.2. The number of ether oxygens (including phenoxy) is 2. The molecule has 0 radical (unpaired) electrons. The van der Waals surface area contributed by atoms with Crippen LogP contribution in [0.1, 0.15) is 11.1 Å². The van der Waals surface area contributed by atoms with Gasteiger partial charge in [0, 0.05) is 26.2 Å². The highest BCUT2D eigenvalue weighted by Crippen LogP contribution is 2.27. The molecule has 0 bridgehead atoms. The van der Waals surface area contributed by atoms with Gasteiger partial charge in [0.1, 0.15) is 0 Å². The number of methoxy groups -OCH3 is 2. The van der Waals surface area contributed by atoms with Crippen molar-refractivity contribution < 1.29 is 9.47 Å². The molecule has 0 saturated carbocycles. The van der Waals surface area contributed by atoms with Crippen molar-refractivity contribution in [3.63, 3.8) is 0 Å². The van der Waals surface area contributed by atoms with Crippen molar-refractivity contribution in [3.8, 4) is 11.5 Å². The van der Waals surface area contributed by atoms with Crippen LogP contribution in [0.2, 0.25) is 0 Å². The summed E-state index contributed by atoms with van der Waals surface area (Å²) in [4.78, 5) is 6.58. The highest BCUT2D eigenvalue weighted by molar-refractivity contribution is 5.79. The number of hydrogen-bond donors (Lipinski definition) is 2. The van der Waals surface area contributed by atoms with E-state index in [0.29, 0.717) is 12.6 Å². The summed E-state index contributed by atoms with van der Waals surface area (Å²) in [5.74, 6) is 2.22. The van der Waals surface area contributed by atoms with Gasteiger partial charge in [-0.3, -0.25) is 4.99 Å². The van der Waals surface area contributed by atoms with Crippen LogP contribution in [-0.4, -0.2) is 58.8 Å². The summed E-state index contributed by atoms with van der Waals surface area (Å²) in [6.45, 7) is 1.44. The molecule has 0 aliphatic heterocycles. The Morgan fingerprint density at radius 2 is 1.68 bits per heavy atom. The molecule has 1 atom stereocenters. The zero-order chi connectivity index (χ0) is 20.4. The Balaban J connectivity index is 1.91. The molecule has 2 aromatic rings. The van der Waals surface area contributed by atoms with Crippen LogP contribution >= 0.6 is 0 Å². The highest BCUT2D eigenvalue weighted by Gasteiger charge is 2.13. The van der Waals surface area contributed by atoms with E-state index in [1.807, 2.05) is 24.3 Å². The highest BCUT2D eigenvalue weighted by atomic mass is 16.5. The molecular formula is C22H32N4O2. The number of nitrogens with one attached hydrogen (secondary N) is 2. The van der Waals surface area contributed by atoms with Gasteiger partial charge in [0.2, 0.25) is 0 Å². The van der Waals surface area contributed by atoms with E-state index in [4.69, 9.17) is 9.47 Å². The molecule has 2 rings (SSSR count). The average Bonchev–Trinajstić information content (AvgIpc) is 2.73. The number of rotatable bonds is 9. The Bertz CT molecular complexity index is 747. The maximum Gasteiger partial charge on any atom is 0.191 e. The van der Waals surface area contributed by atoms with Crippen LogP contribution in [0, 0.1) is 0 Å². The lowest BCUT2D eigenvalue weighted by Crippen LogP contribution is -2.45. The lowest BCUT2D eigenvalue weighted by molar-refractivity contribution is 0.290. The standard InChI is InChI=1S/C22H32N4O2/c1-23-22(24-15-18-11-12-20(27-4)21(14-18)28-5)25-16-19(26(2)3)13-17-9-7-6-8-10-17/h6-12,14,19H,13,15-16H2,1-5H3,(H2,23,24,25). The van der Waals surface area contributed by atoms with Crippen LogP contribution in [0.4, 0.5) is 0 Å². The van der Waals surface area contributed by atoms with Crippen LogP contribution in [0.25, 0.3) is 0 Å². The molecule has 0 aliphatic rings. The molecular weight excluding hydrogens is 352 g/mol. The van der Waals surface area contributed by atoms with Crippen molar-refractivity contribution in [2.75, 3.05) is 41.9 Å².